The van der Waals surface area contributed by atoms with E-state index in [0.29, 0.717) is 31.8 Å². The number of guanidine groups is 1. The van der Waals surface area contributed by atoms with Gasteiger partial charge in [-0.15, -0.1) is 24.0 Å². The Bertz CT molecular complexity index is 489. The van der Waals surface area contributed by atoms with Crippen LogP contribution in [0.5, 0.6) is 11.5 Å². The van der Waals surface area contributed by atoms with Crippen LogP contribution < -0.4 is 20.5 Å². The van der Waals surface area contributed by atoms with E-state index < -0.39 is 0 Å². The van der Waals surface area contributed by atoms with Crippen molar-refractivity contribution in [2.75, 3.05) is 13.2 Å². The monoisotopic (exact) mass is 389 g/mol. The molecule has 1 fully saturated rings. The summed E-state index contributed by atoms with van der Waals surface area (Å²) in [6.07, 6.45) is 3.28. The predicted octanol–water partition coefficient (Wildman–Crippen LogP) is 2.03. The number of rotatable bonds is 3. The molecule has 1 heterocycles. The van der Waals surface area contributed by atoms with Crippen LogP contribution in [0.15, 0.2) is 23.2 Å². The van der Waals surface area contributed by atoms with Crippen molar-refractivity contribution >= 4 is 29.9 Å². The van der Waals surface area contributed by atoms with Gasteiger partial charge in [0.05, 0.1) is 19.8 Å². The van der Waals surface area contributed by atoms with E-state index in [9.17, 15) is 0 Å². The first-order valence-electron chi connectivity index (χ1n) is 6.77. The Morgan fingerprint density at radius 3 is 2.90 bits per heavy atom. The summed E-state index contributed by atoms with van der Waals surface area (Å²) in [6, 6.07) is 6.42. The van der Waals surface area contributed by atoms with E-state index in [1.54, 1.807) is 0 Å². The molecule has 0 saturated heterocycles. The molecule has 0 spiro atoms. The summed E-state index contributed by atoms with van der Waals surface area (Å²) in [5.74, 6) is 2.12. The molecule has 0 amide bonds. The summed E-state index contributed by atoms with van der Waals surface area (Å²) in [7, 11) is 0. The molecular formula is C14H20IN3O2. The number of hydrogen-bond acceptors (Lipinski definition) is 3. The van der Waals surface area contributed by atoms with Gasteiger partial charge in [0.2, 0.25) is 0 Å². The van der Waals surface area contributed by atoms with Gasteiger partial charge in [-0.1, -0.05) is 12.1 Å². The number of ether oxygens (including phenoxy) is 2. The van der Waals surface area contributed by atoms with Crippen molar-refractivity contribution in [2.45, 2.75) is 31.8 Å². The van der Waals surface area contributed by atoms with Gasteiger partial charge in [-0.3, -0.25) is 0 Å². The molecule has 2 aliphatic rings. The molecule has 6 heteroatoms. The molecule has 5 nitrogen and oxygen atoms in total. The van der Waals surface area contributed by atoms with Gasteiger partial charge in [-0.05, 0) is 18.9 Å². The van der Waals surface area contributed by atoms with Gasteiger partial charge in [0.25, 0.3) is 0 Å². The molecule has 3 N–H and O–H groups in total. The highest BCUT2D eigenvalue weighted by Gasteiger charge is 2.21. The fourth-order valence-electron chi connectivity index (χ4n) is 2.03. The average Bonchev–Trinajstić information content (AvgIpc) is 3.22. The van der Waals surface area contributed by atoms with Crippen molar-refractivity contribution in [1.82, 2.24) is 5.32 Å². The lowest BCUT2D eigenvalue weighted by atomic mass is 10.2. The van der Waals surface area contributed by atoms with Crippen molar-refractivity contribution in [1.29, 1.82) is 0 Å². The maximum Gasteiger partial charge on any atom is 0.189 e. The molecule has 3 rings (SSSR count). The van der Waals surface area contributed by atoms with Crippen molar-refractivity contribution in [3.05, 3.63) is 23.8 Å². The van der Waals surface area contributed by atoms with E-state index in [1.165, 1.54) is 12.8 Å². The van der Waals surface area contributed by atoms with Gasteiger partial charge in [-0.2, -0.15) is 0 Å². The number of nitrogens with zero attached hydrogens (tertiary/aromatic N) is 1. The van der Waals surface area contributed by atoms with Gasteiger partial charge in [0.15, 0.2) is 17.5 Å². The zero-order valence-electron chi connectivity index (χ0n) is 11.3. The third kappa shape index (κ3) is 3.91. The smallest absolute Gasteiger partial charge is 0.189 e. The number of hydrogen-bond donors (Lipinski definition) is 2. The molecule has 1 saturated carbocycles. The van der Waals surface area contributed by atoms with Crippen LogP contribution >= 0.6 is 24.0 Å². The van der Waals surface area contributed by atoms with E-state index in [2.05, 4.69) is 10.3 Å². The Morgan fingerprint density at radius 2 is 2.10 bits per heavy atom. The zero-order valence-corrected chi connectivity index (χ0v) is 13.6. The average molecular weight is 389 g/mol. The minimum Gasteiger partial charge on any atom is -0.490 e. The van der Waals surface area contributed by atoms with Crippen LogP contribution in [-0.2, 0) is 6.54 Å². The molecule has 0 atom stereocenters. The van der Waals surface area contributed by atoms with Crippen LogP contribution in [-0.4, -0.2) is 25.2 Å². The summed E-state index contributed by atoms with van der Waals surface area (Å²) in [5, 5.41) is 3.17. The minimum absolute atomic E-state index is 0. The van der Waals surface area contributed by atoms with Crippen LogP contribution in [0, 0.1) is 0 Å². The number of nitrogens with two attached hydrogens (primary N) is 1. The number of fused-ring (bicyclic) bond motifs is 1. The summed E-state index contributed by atoms with van der Waals surface area (Å²) < 4.78 is 11.4. The topological polar surface area (TPSA) is 68.9 Å². The van der Waals surface area contributed by atoms with Crippen molar-refractivity contribution in [3.8, 4) is 11.5 Å². The second-order valence-electron chi connectivity index (χ2n) is 4.91. The highest BCUT2D eigenvalue weighted by Crippen LogP contribution is 2.33. The second kappa shape index (κ2) is 7.01. The third-order valence-electron chi connectivity index (χ3n) is 3.20. The fraction of sp³-hybridized carbons (Fsp3) is 0.500. The number of para-hydroxylation sites is 1. The quantitative estimate of drug-likeness (QED) is 0.472. The molecule has 0 unspecified atom stereocenters. The lowest BCUT2D eigenvalue weighted by Crippen LogP contribution is -2.33. The van der Waals surface area contributed by atoms with Crippen molar-refractivity contribution in [2.24, 2.45) is 10.7 Å². The Balaban J connectivity index is 0.00000147. The first-order chi connectivity index (χ1) is 9.33. The van der Waals surface area contributed by atoms with Crippen LogP contribution in [0.3, 0.4) is 0 Å². The minimum atomic E-state index is 0. The zero-order chi connectivity index (χ0) is 13.1. The first kappa shape index (κ1) is 15.2. The normalized spacial score (nSPS) is 17.9. The summed E-state index contributed by atoms with van der Waals surface area (Å²) in [4.78, 5) is 4.36. The SMILES string of the molecule is I.NC(=NCc1cccc2c1OCCCO2)NC1CC1. The Hall–Kier alpha value is -1.18. The molecular weight excluding hydrogens is 369 g/mol. The maximum atomic E-state index is 5.84. The largest absolute Gasteiger partial charge is 0.490 e. The van der Waals surface area contributed by atoms with E-state index >= 15 is 0 Å². The molecule has 1 aromatic rings. The number of aliphatic imine (C=N–C) groups is 1. The van der Waals surface area contributed by atoms with Crippen LogP contribution in [0.25, 0.3) is 0 Å². The lowest BCUT2D eigenvalue weighted by molar-refractivity contribution is 0.296. The van der Waals surface area contributed by atoms with E-state index in [-0.39, 0.29) is 24.0 Å². The van der Waals surface area contributed by atoms with Crippen molar-refractivity contribution in [3.63, 3.8) is 0 Å². The Labute approximate surface area is 135 Å². The Kier molecular flexibility index (Phi) is 5.33. The molecule has 1 aromatic carbocycles. The van der Waals surface area contributed by atoms with Crippen LogP contribution in [0.4, 0.5) is 0 Å². The van der Waals surface area contributed by atoms with E-state index in [1.807, 2.05) is 18.2 Å². The van der Waals surface area contributed by atoms with Gasteiger partial charge >= 0.3 is 0 Å². The van der Waals surface area contributed by atoms with Crippen LogP contribution in [0.2, 0.25) is 0 Å². The number of halogens is 1. The van der Waals surface area contributed by atoms with Gasteiger partial charge < -0.3 is 20.5 Å². The second-order valence-corrected chi connectivity index (χ2v) is 4.91. The fourth-order valence-corrected chi connectivity index (χ4v) is 2.03. The van der Waals surface area contributed by atoms with Gasteiger partial charge in [-0.25, -0.2) is 4.99 Å². The van der Waals surface area contributed by atoms with E-state index in [0.717, 1.165) is 23.5 Å². The summed E-state index contributed by atoms with van der Waals surface area (Å²) in [6.45, 7) is 1.90. The lowest BCUT2D eigenvalue weighted by Gasteiger charge is -2.11. The van der Waals surface area contributed by atoms with Gasteiger partial charge in [0.1, 0.15) is 0 Å². The first-order valence-corrected chi connectivity index (χ1v) is 6.77. The maximum absolute atomic E-state index is 5.84. The number of nitrogens with one attached hydrogen (secondary N) is 1. The molecule has 0 radical (unpaired) electrons. The standard InChI is InChI=1S/C14H19N3O2.HI/c15-14(17-11-5-6-11)16-9-10-3-1-4-12-13(10)19-8-2-7-18-12;/h1,3-4,11H,2,5-9H2,(H3,15,16,17);1H. The molecule has 1 aliphatic carbocycles. The third-order valence-corrected chi connectivity index (χ3v) is 3.20. The molecule has 0 aromatic heterocycles. The Morgan fingerprint density at radius 1 is 1.30 bits per heavy atom. The highest BCUT2D eigenvalue weighted by atomic mass is 127. The molecule has 20 heavy (non-hydrogen) atoms. The summed E-state index contributed by atoms with van der Waals surface area (Å²) >= 11 is 0. The number of benzene rings is 1. The molecule has 1 aliphatic heterocycles. The molecule has 0 bridgehead atoms. The van der Waals surface area contributed by atoms with Crippen molar-refractivity contribution < 1.29 is 9.47 Å². The molecule has 110 valence electrons. The van der Waals surface area contributed by atoms with Crippen LogP contribution in [0.1, 0.15) is 24.8 Å². The van der Waals surface area contributed by atoms with E-state index in [4.69, 9.17) is 15.2 Å². The van der Waals surface area contributed by atoms with Gasteiger partial charge in [0, 0.05) is 18.0 Å². The summed E-state index contributed by atoms with van der Waals surface area (Å²) in [5.41, 5.74) is 6.85. The predicted molar refractivity (Wildman–Crippen MR) is 88.9 cm³/mol. The highest BCUT2D eigenvalue weighted by molar-refractivity contribution is 14.0.